The number of piperazine rings is 1. The monoisotopic (exact) mass is 291 g/mol. The van der Waals surface area contributed by atoms with Gasteiger partial charge in [-0.3, -0.25) is 0 Å². The van der Waals surface area contributed by atoms with Crippen LogP contribution >= 0.6 is 15.9 Å². The van der Waals surface area contributed by atoms with Crippen LogP contribution in [-0.2, 0) is 0 Å². The third-order valence-corrected chi connectivity index (χ3v) is 3.77. The summed E-state index contributed by atoms with van der Waals surface area (Å²) < 4.78 is 1.06. The van der Waals surface area contributed by atoms with Crippen LogP contribution in [0.15, 0.2) is 34.9 Å². The second-order valence-corrected chi connectivity index (χ2v) is 5.07. The van der Waals surface area contributed by atoms with Crippen molar-refractivity contribution in [1.82, 2.24) is 10.3 Å². The van der Waals surface area contributed by atoms with Crippen LogP contribution in [-0.4, -0.2) is 31.2 Å². The topological polar surface area (TPSA) is 28.2 Å². The number of benzene rings is 1. The van der Waals surface area contributed by atoms with E-state index in [1.807, 2.05) is 6.20 Å². The van der Waals surface area contributed by atoms with E-state index in [-0.39, 0.29) is 0 Å². The highest BCUT2D eigenvalue weighted by molar-refractivity contribution is 9.10. The fourth-order valence-electron chi connectivity index (χ4n) is 2.27. The fraction of sp³-hybridized carbons (Fsp3) is 0.308. The minimum atomic E-state index is 1.03. The van der Waals surface area contributed by atoms with Gasteiger partial charge in [0, 0.05) is 47.6 Å². The van der Waals surface area contributed by atoms with Crippen molar-refractivity contribution < 1.29 is 0 Å². The third-order valence-electron chi connectivity index (χ3n) is 3.14. The van der Waals surface area contributed by atoms with E-state index in [0.717, 1.165) is 36.5 Å². The van der Waals surface area contributed by atoms with E-state index in [2.05, 4.69) is 55.4 Å². The third kappa shape index (κ3) is 2.03. The zero-order chi connectivity index (χ0) is 11.7. The van der Waals surface area contributed by atoms with Crippen molar-refractivity contribution in [3.8, 4) is 0 Å². The number of hydrogen-bond acceptors (Lipinski definition) is 3. The van der Waals surface area contributed by atoms with Crippen molar-refractivity contribution in [3.05, 3.63) is 34.9 Å². The van der Waals surface area contributed by atoms with Gasteiger partial charge in [-0.05, 0) is 15.9 Å². The Morgan fingerprint density at radius 1 is 1.12 bits per heavy atom. The molecule has 1 fully saturated rings. The van der Waals surface area contributed by atoms with E-state index in [1.54, 1.807) is 0 Å². The molecule has 0 amide bonds. The highest BCUT2D eigenvalue weighted by Crippen LogP contribution is 2.29. The molecule has 1 aliphatic rings. The van der Waals surface area contributed by atoms with Crippen LogP contribution < -0.4 is 10.2 Å². The van der Waals surface area contributed by atoms with Gasteiger partial charge in [-0.15, -0.1) is 0 Å². The molecule has 1 aromatic heterocycles. The van der Waals surface area contributed by atoms with Gasteiger partial charge in [0.1, 0.15) is 5.82 Å². The number of aromatic nitrogens is 1. The SMILES string of the molecule is Brc1cnc(N2CCNCC2)c2ccccc12. The molecule has 0 saturated carbocycles. The maximum absolute atomic E-state index is 4.58. The molecule has 3 nitrogen and oxygen atoms in total. The van der Waals surface area contributed by atoms with Crippen LogP contribution in [0.25, 0.3) is 10.8 Å². The van der Waals surface area contributed by atoms with Gasteiger partial charge in [-0.2, -0.15) is 0 Å². The van der Waals surface area contributed by atoms with Gasteiger partial charge >= 0.3 is 0 Å². The molecule has 3 rings (SSSR count). The van der Waals surface area contributed by atoms with Crippen molar-refractivity contribution >= 4 is 32.5 Å². The smallest absolute Gasteiger partial charge is 0.136 e. The predicted molar refractivity (Wildman–Crippen MR) is 74.5 cm³/mol. The maximum atomic E-state index is 4.58. The second-order valence-electron chi connectivity index (χ2n) is 4.21. The summed E-state index contributed by atoms with van der Waals surface area (Å²) in [6.45, 7) is 4.12. The van der Waals surface area contributed by atoms with Crippen LogP contribution in [0, 0.1) is 0 Å². The van der Waals surface area contributed by atoms with Gasteiger partial charge in [0.2, 0.25) is 0 Å². The first-order valence-electron chi connectivity index (χ1n) is 5.85. The van der Waals surface area contributed by atoms with Crippen molar-refractivity contribution in [2.45, 2.75) is 0 Å². The summed E-state index contributed by atoms with van der Waals surface area (Å²) in [6, 6.07) is 8.41. The Hall–Kier alpha value is -1.13. The number of nitrogens with zero attached hydrogens (tertiary/aromatic N) is 2. The van der Waals surface area contributed by atoms with Crippen LogP contribution in [0.2, 0.25) is 0 Å². The molecule has 17 heavy (non-hydrogen) atoms. The molecule has 0 spiro atoms. The molecule has 0 unspecified atom stereocenters. The summed E-state index contributed by atoms with van der Waals surface area (Å²) in [5.74, 6) is 1.10. The van der Waals surface area contributed by atoms with Crippen LogP contribution in [0.5, 0.6) is 0 Å². The Labute approximate surface area is 109 Å². The molecule has 2 aromatic rings. The number of fused-ring (bicyclic) bond motifs is 1. The first-order chi connectivity index (χ1) is 8.36. The lowest BCUT2D eigenvalue weighted by atomic mass is 10.1. The molecule has 0 radical (unpaired) electrons. The largest absolute Gasteiger partial charge is 0.354 e. The molecular weight excluding hydrogens is 278 g/mol. The van der Waals surface area contributed by atoms with Crippen molar-refractivity contribution in [2.75, 3.05) is 31.1 Å². The summed E-state index contributed by atoms with van der Waals surface area (Å²) in [5, 5.41) is 5.82. The predicted octanol–water partition coefficient (Wildman–Crippen LogP) is 2.41. The average molecular weight is 292 g/mol. The summed E-state index contributed by atoms with van der Waals surface area (Å²) in [5.41, 5.74) is 0. The van der Waals surface area contributed by atoms with E-state index < -0.39 is 0 Å². The van der Waals surface area contributed by atoms with Crippen molar-refractivity contribution in [2.24, 2.45) is 0 Å². The standard InChI is InChI=1S/C13H14BrN3/c14-12-9-16-13(17-7-5-15-6-8-17)11-4-2-1-3-10(11)12/h1-4,9,15H,5-8H2. The molecule has 0 atom stereocenters. The molecule has 1 aliphatic heterocycles. The molecule has 4 heteroatoms. The van der Waals surface area contributed by atoms with E-state index in [9.17, 15) is 0 Å². The van der Waals surface area contributed by atoms with Gasteiger partial charge in [-0.1, -0.05) is 24.3 Å². The summed E-state index contributed by atoms with van der Waals surface area (Å²) in [6.07, 6.45) is 1.90. The van der Waals surface area contributed by atoms with Crippen molar-refractivity contribution in [3.63, 3.8) is 0 Å². The van der Waals surface area contributed by atoms with Crippen LogP contribution in [0.4, 0.5) is 5.82 Å². The van der Waals surface area contributed by atoms with Gasteiger partial charge in [0.25, 0.3) is 0 Å². The number of pyridine rings is 1. The van der Waals surface area contributed by atoms with Crippen LogP contribution in [0.3, 0.4) is 0 Å². The number of rotatable bonds is 1. The fourth-order valence-corrected chi connectivity index (χ4v) is 2.72. The molecule has 2 heterocycles. The molecular formula is C13H14BrN3. The minimum Gasteiger partial charge on any atom is -0.354 e. The molecule has 0 aliphatic carbocycles. The minimum absolute atomic E-state index is 1.03. The van der Waals surface area contributed by atoms with E-state index in [1.165, 1.54) is 10.8 Å². The highest BCUT2D eigenvalue weighted by atomic mass is 79.9. The lowest BCUT2D eigenvalue weighted by Gasteiger charge is -2.29. The van der Waals surface area contributed by atoms with Gasteiger partial charge < -0.3 is 10.2 Å². The first kappa shape index (κ1) is 11.0. The zero-order valence-corrected chi connectivity index (χ0v) is 11.1. The number of nitrogens with one attached hydrogen (secondary N) is 1. The lowest BCUT2D eigenvalue weighted by Crippen LogP contribution is -2.43. The normalized spacial score (nSPS) is 16.4. The Kier molecular flexibility index (Phi) is 2.99. The molecule has 88 valence electrons. The van der Waals surface area contributed by atoms with E-state index in [4.69, 9.17) is 0 Å². The van der Waals surface area contributed by atoms with E-state index >= 15 is 0 Å². The second kappa shape index (κ2) is 4.63. The lowest BCUT2D eigenvalue weighted by molar-refractivity contribution is 0.586. The summed E-state index contributed by atoms with van der Waals surface area (Å²) in [4.78, 5) is 6.93. The van der Waals surface area contributed by atoms with E-state index in [0.29, 0.717) is 0 Å². The Morgan fingerprint density at radius 3 is 2.59 bits per heavy atom. The van der Waals surface area contributed by atoms with Gasteiger partial charge in [0.05, 0.1) is 0 Å². The molecule has 1 aromatic carbocycles. The van der Waals surface area contributed by atoms with Crippen LogP contribution in [0.1, 0.15) is 0 Å². The zero-order valence-electron chi connectivity index (χ0n) is 9.49. The number of hydrogen-bond donors (Lipinski definition) is 1. The van der Waals surface area contributed by atoms with Crippen molar-refractivity contribution in [1.29, 1.82) is 0 Å². The van der Waals surface area contributed by atoms with Gasteiger partial charge in [0.15, 0.2) is 0 Å². The number of halogens is 1. The average Bonchev–Trinajstić information content (AvgIpc) is 2.41. The molecule has 0 bridgehead atoms. The number of anilines is 1. The first-order valence-corrected chi connectivity index (χ1v) is 6.64. The maximum Gasteiger partial charge on any atom is 0.136 e. The quantitative estimate of drug-likeness (QED) is 0.875. The highest BCUT2D eigenvalue weighted by Gasteiger charge is 2.15. The Balaban J connectivity index is 2.12. The summed E-state index contributed by atoms with van der Waals surface area (Å²) >= 11 is 3.56. The molecule has 1 N–H and O–H groups in total. The molecule has 1 saturated heterocycles. The Bertz CT molecular complexity index is 535. The Morgan fingerprint density at radius 2 is 1.82 bits per heavy atom. The van der Waals surface area contributed by atoms with Gasteiger partial charge in [-0.25, -0.2) is 4.98 Å². The summed E-state index contributed by atoms with van der Waals surface area (Å²) in [7, 11) is 0.